The first-order valence-corrected chi connectivity index (χ1v) is 11.7. The second kappa shape index (κ2) is 10.8. The summed E-state index contributed by atoms with van der Waals surface area (Å²) in [7, 11) is 0. The van der Waals surface area contributed by atoms with Gasteiger partial charge in [-0.3, -0.25) is 4.98 Å². The van der Waals surface area contributed by atoms with Crippen molar-refractivity contribution in [1.29, 1.82) is 0 Å². The van der Waals surface area contributed by atoms with E-state index in [1.54, 1.807) is 31.5 Å². The Morgan fingerprint density at radius 1 is 1.12 bits per heavy atom. The number of aliphatic hydroxyl groups is 1. The number of nitrogens with one attached hydrogen (secondary N) is 1. The third kappa shape index (κ3) is 5.61. The fraction of sp³-hybridized carbons (Fsp3) is 0.190. The number of halogens is 2. The smallest absolute Gasteiger partial charge is 0.282 e. The molecule has 0 amide bonds. The van der Waals surface area contributed by atoms with Gasteiger partial charge < -0.3 is 19.9 Å². The molecule has 4 aromatic rings. The van der Waals surface area contributed by atoms with E-state index in [9.17, 15) is 19.0 Å². The summed E-state index contributed by atoms with van der Waals surface area (Å²) >= 11 is 1.96. The van der Waals surface area contributed by atoms with Crippen molar-refractivity contribution in [2.45, 2.75) is 34.0 Å². The minimum Gasteiger partial charge on any atom is -0.492 e. The van der Waals surface area contributed by atoms with Gasteiger partial charge in [-0.25, -0.2) is 13.8 Å². The molecule has 0 bridgehead atoms. The van der Waals surface area contributed by atoms with E-state index >= 15 is 0 Å². The summed E-state index contributed by atoms with van der Waals surface area (Å²) in [6, 6.07) is 6.93. The number of thioether (sulfide) groups is 1. The van der Waals surface area contributed by atoms with Crippen LogP contribution in [0, 0.1) is 11.6 Å². The Morgan fingerprint density at radius 2 is 1.91 bits per heavy atom. The van der Waals surface area contributed by atoms with Crippen LogP contribution in [0.4, 0.5) is 14.6 Å². The summed E-state index contributed by atoms with van der Waals surface area (Å²) in [6.07, 6.45) is 3.19. The van der Waals surface area contributed by atoms with Gasteiger partial charge in [0.1, 0.15) is 10.7 Å². The second-order valence-electron chi connectivity index (χ2n) is 6.95. The minimum atomic E-state index is -0.946. The van der Waals surface area contributed by atoms with Gasteiger partial charge in [0.05, 0.1) is 6.61 Å². The molecule has 0 spiro atoms. The number of rotatable bonds is 9. The van der Waals surface area contributed by atoms with Gasteiger partial charge >= 0.3 is 0 Å². The normalized spacial score (nSPS) is 12.0. The van der Waals surface area contributed by atoms with E-state index in [1.165, 1.54) is 12.1 Å². The van der Waals surface area contributed by atoms with Crippen molar-refractivity contribution < 1.29 is 23.4 Å². The molecule has 4 rings (SSSR count). The molecule has 0 saturated heterocycles. The van der Waals surface area contributed by atoms with E-state index in [4.69, 9.17) is 4.42 Å². The molecule has 9 nitrogen and oxygen atoms in total. The summed E-state index contributed by atoms with van der Waals surface area (Å²) < 4.78 is 33.1. The summed E-state index contributed by atoms with van der Waals surface area (Å²) in [5, 5.41) is 31.3. The number of aliphatic hydroxyl groups excluding tert-OH is 1. The highest BCUT2D eigenvalue weighted by molar-refractivity contribution is 7.99. The lowest BCUT2D eigenvalue weighted by Gasteiger charge is -2.15. The van der Waals surface area contributed by atoms with Gasteiger partial charge in [0, 0.05) is 35.3 Å². The third-order valence-electron chi connectivity index (χ3n) is 4.40. The lowest BCUT2D eigenvalue weighted by atomic mass is 10.2. The fourth-order valence-corrected chi connectivity index (χ4v) is 4.24. The molecule has 3 heterocycles. The number of aromatic nitrogens is 5. The van der Waals surface area contributed by atoms with E-state index < -0.39 is 17.7 Å². The zero-order chi connectivity index (χ0) is 24.1. The van der Waals surface area contributed by atoms with Gasteiger partial charge in [0.2, 0.25) is 11.8 Å². The summed E-state index contributed by atoms with van der Waals surface area (Å²) in [5.74, 6) is -1.74. The maximum atomic E-state index is 14.0. The van der Waals surface area contributed by atoms with Crippen LogP contribution in [0.15, 0.2) is 62.4 Å². The number of hydrogen-bond donors (Lipinski definition) is 3. The van der Waals surface area contributed by atoms with Crippen LogP contribution in [0.3, 0.4) is 0 Å². The monoisotopic (exact) mass is 504 g/mol. The van der Waals surface area contributed by atoms with Crippen LogP contribution < -0.4 is 5.32 Å². The predicted molar refractivity (Wildman–Crippen MR) is 121 cm³/mol. The van der Waals surface area contributed by atoms with Gasteiger partial charge in [-0.1, -0.05) is 23.9 Å². The summed E-state index contributed by atoms with van der Waals surface area (Å²) in [6.45, 7) is 1.52. The number of nitrogens with zero attached hydrogens (tertiary/aromatic N) is 5. The molecule has 13 heteroatoms. The van der Waals surface area contributed by atoms with Crippen LogP contribution in [0.5, 0.6) is 5.88 Å². The lowest BCUT2D eigenvalue weighted by molar-refractivity contribution is 0.281. The molecular weight excluding hydrogens is 486 g/mol. The summed E-state index contributed by atoms with van der Waals surface area (Å²) in [5.41, 5.74) is 0.817. The average Bonchev–Trinajstić information content (AvgIpc) is 3.31. The Morgan fingerprint density at radius 3 is 2.68 bits per heavy atom. The summed E-state index contributed by atoms with van der Waals surface area (Å²) in [4.78, 5) is 12.6. The minimum absolute atomic E-state index is 0.0451. The highest BCUT2D eigenvalue weighted by atomic mass is 32.2. The quantitative estimate of drug-likeness (QED) is 0.224. The molecule has 0 fully saturated rings. The third-order valence-corrected chi connectivity index (χ3v) is 6.21. The van der Waals surface area contributed by atoms with E-state index in [1.807, 2.05) is 0 Å². The van der Waals surface area contributed by atoms with Crippen LogP contribution >= 0.6 is 23.5 Å². The number of benzene rings is 1. The first kappa shape index (κ1) is 23.9. The van der Waals surface area contributed by atoms with E-state index in [-0.39, 0.29) is 50.8 Å². The van der Waals surface area contributed by atoms with Crippen molar-refractivity contribution in [3.63, 3.8) is 0 Å². The molecule has 0 aliphatic rings. The molecule has 1 aromatic carbocycles. The Hall–Kier alpha value is -3.29. The van der Waals surface area contributed by atoms with Crippen molar-refractivity contribution in [3.8, 4) is 17.3 Å². The van der Waals surface area contributed by atoms with Crippen LogP contribution in [0.25, 0.3) is 11.5 Å². The van der Waals surface area contributed by atoms with Crippen molar-refractivity contribution in [1.82, 2.24) is 25.1 Å². The predicted octanol–water partition coefficient (Wildman–Crippen LogP) is 4.14. The van der Waals surface area contributed by atoms with E-state index in [2.05, 4.69) is 30.5 Å². The maximum Gasteiger partial charge on any atom is 0.282 e. The first-order chi connectivity index (χ1) is 16.4. The van der Waals surface area contributed by atoms with Gasteiger partial charge in [-0.2, -0.15) is 4.98 Å². The highest BCUT2D eigenvalue weighted by Crippen LogP contribution is 2.40. The second-order valence-corrected chi connectivity index (χ2v) is 8.85. The molecule has 0 radical (unpaired) electrons. The standard InChI is InChI=1S/C21H18F2N6O3S2/c1-11(9-30)25-17-16(34-21-29-28-19(32-21)12-5-7-24-8-6-12)18(31)27-20(26-17)33-10-13-3-2-4-14(22)15(13)23/h2-8,11,30H,9-10H2,1H3,(H2,25,26,27,31)/t11-/m1/s1. The Balaban J connectivity index is 1.59. The number of hydrogen-bond acceptors (Lipinski definition) is 11. The Labute approximate surface area is 201 Å². The molecule has 1 atom stereocenters. The number of pyridine rings is 1. The zero-order valence-electron chi connectivity index (χ0n) is 17.6. The molecule has 3 aromatic heterocycles. The Kier molecular flexibility index (Phi) is 7.55. The molecule has 34 heavy (non-hydrogen) atoms. The number of aromatic hydroxyl groups is 1. The van der Waals surface area contributed by atoms with Crippen LogP contribution in [0.2, 0.25) is 0 Å². The van der Waals surface area contributed by atoms with E-state index in [0.717, 1.165) is 29.6 Å². The van der Waals surface area contributed by atoms with Gasteiger partial charge in [-0.05, 0) is 36.9 Å². The largest absolute Gasteiger partial charge is 0.492 e. The van der Waals surface area contributed by atoms with Crippen LogP contribution in [0.1, 0.15) is 12.5 Å². The van der Waals surface area contributed by atoms with Crippen molar-refractivity contribution >= 4 is 29.3 Å². The van der Waals surface area contributed by atoms with Gasteiger partial charge in [-0.15, -0.1) is 10.2 Å². The molecule has 0 saturated carbocycles. The zero-order valence-corrected chi connectivity index (χ0v) is 19.3. The van der Waals surface area contributed by atoms with Crippen molar-refractivity contribution in [2.75, 3.05) is 11.9 Å². The first-order valence-electron chi connectivity index (χ1n) is 9.90. The van der Waals surface area contributed by atoms with Crippen molar-refractivity contribution in [2.24, 2.45) is 0 Å². The highest BCUT2D eigenvalue weighted by Gasteiger charge is 2.21. The maximum absolute atomic E-state index is 14.0. The topological polar surface area (TPSA) is 130 Å². The molecule has 176 valence electrons. The molecule has 3 N–H and O–H groups in total. The van der Waals surface area contributed by atoms with Gasteiger partial charge in [0.25, 0.3) is 5.22 Å². The fourth-order valence-electron chi connectivity index (χ4n) is 2.71. The van der Waals surface area contributed by atoms with Gasteiger partial charge in [0.15, 0.2) is 16.8 Å². The van der Waals surface area contributed by atoms with Crippen molar-refractivity contribution in [3.05, 3.63) is 59.9 Å². The van der Waals surface area contributed by atoms with Crippen LogP contribution in [-0.4, -0.2) is 48.0 Å². The number of anilines is 1. The Bertz CT molecular complexity index is 1280. The molecule has 0 unspecified atom stereocenters. The molecule has 0 aliphatic heterocycles. The van der Waals surface area contributed by atoms with Crippen LogP contribution in [-0.2, 0) is 5.75 Å². The molecule has 0 aliphatic carbocycles. The SMILES string of the molecule is C[C@H](CO)Nc1nc(SCc2cccc(F)c2F)nc(O)c1Sc1nnc(-c2ccncc2)o1. The van der Waals surface area contributed by atoms with E-state index in [0.29, 0.717) is 5.56 Å². The molecular formula is C21H18F2N6O3S2. The average molecular weight is 505 g/mol. The lowest BCUT2D eigenvalue weighted by Crippen LogP contribution is -2.21.